The number of hydrogen-bond donors (Lipinski definition) is 2. The highest BCUT2D eigenvalue weighted by molar-refractivity contribution is 6.04. The zero-order valence-corrected chi connectivity index (χ0v) is 21.8. The van der Waals surface area contributed by atoms with Gasteiger partial charge in [0, 0.05) is 62.0 Å². The fraction of sp³-hybridized carbons (Fsp3) is 0.267. The highest BCUT2D eigenvalue weighted by Crippen LogP contribution is 2.28. The predicted octanol–water partition coefficient (Wildman–Crippen LogP) is 3.11. The summed E-state index contributed by atoms with van der Waals surface area (Å²) in [6.45, 7) is 3.96. The number of fused-ring (bicyclic) bond motifs is 1. The first-order valence-corrected chi connectivity index (χ1v) is 13.3. The first kappa shape index (κ1) is 25.7. The number of halogens is 1. The van der Waals surface area contributed by atoms with Crippen molar-refractivity contribution >= 4 is 34.3 Å². The topological polar surface area (TPSA) is 114 Å². The van der Waals surface area contributed by atoms with Crippen LogP contribution in [0.5, 0.6) is 0 Å². The monoisotopic (exact) mass is 540 g/mol. The van der Waals surface area contributed by atoms with Gasteiger partial charge in [-0.1, -0.05) is 24.3 Å². The summed E-state index contributed by atoms with van der Waals surface area (Å²) in [5.74, 6) is -2.26. The smallest absolute Gasteiger partial charge is 0.250 e. The first-order chi connectivity index (χ1) is 19.4. The minimum Gasteiger partial charge on any atom is -0.369 e. The van der Waals surface area contributed by atoms with Gasteiger partial charge >= 0.3 is 0 Å². The van der Waals surface area contributed by atoms with Crippen molar-refractivity contribution < 1.29 is 18.8 Å². The number of benzene rings is 3. The van der Waals surface area contributed by atoms with Crippen molar-refractivity contribution in [1.82, 2.24) is 20.0 Å². The third-order valence-electron chi connectivity index (χ3n) is 7.74. The normalized spacial score (nSPS) is 18.2. The molecule has 0 aliphatic carbocycles. The summed E-state index contributed by atoms with van der Waals surface area (Å²) in [6, 6.07) is 18.6. The predicted molar refractivity (Wildman–Crippen MR) is 149 cm³/mol. The summed E-state index contributed by atoms with van der Waals surface area (Å²) >= 11 is 0. The highest BCUT2D eigenvalue weighted by atomic mass is 19.1. The number of nitrogens with zero attached hydrogens (tertiary/aromatic N) is 4. The Morgan fingerprint density at radius 1 is 1.00 bits per heavy atom. The standard InChI is InChI=1S/C30H29FN6O3/c31-26-16-19(4-9-23(26)24-10-11-27(38)33-30(24)40)17-35-12-14-36(15-13-35)21-5-7-22(8-6-21)37-18-20-2-1-3-25(29(32)39)28(20)34-37/h1-9,16,18,24H,10-15,17H2,(H2,32,39)(H,33,38,40). The van der Waals surface area contributed by atoms with E-state index >= 15 is 0 Å². The summed E-state index contributed by atoms with van der Waals surface area (Å²) in [5.41, 5.74) is 9.68. The molecule has 2 fully saturated rings. The molecule has 2 aliphatic rings. The largest absolute Gasteiger partial charge is 0.369 e. The molecule has 1 atom stereocenters. The van der Waals surface area contributed by atoms with E-state index in [0.717, 1.165) is 48.5 Å². The Balaban J connectivity index is 1.07. The summed E-state index contributed by atoms with van der Waals surface area (Å²) < 4.78 is 16.6. The van der Waals surface area contributed by atoms with Crippen molar-refractivity contribution in [2.45, 2.75) is 25.3 Å². The van der Waals surface area contributed by atoms with E-state index in [-0.39, 0.29) is 12.3 Å². The van der Waals surface area contributed by atoms with Crippen molar-refractivity contribution in [3.05, 3.63) is 89.4 Å². The number of aromatic nitrogens is 2. The molecule has 3 amide bonds. The molecule has 40 heavy (non-hydrogen) atoms. The second kappa shape index (κ2) is 10.5. The lowest BCUT2D eigenvalue weighted by molar-refractivity contribution is -0.134. The van der Waals surface area contributed by atoms with Gasteiger partial charge < -0.3 is 10.6 Å². The highest BCUT2D eigenvalue weighted by Gasteiger charge is 2.30. The number of nitrogens with two attached hydrogens (primary N) is 1. The number of piperidine rings is 1. The number of anilines is 1. The van der Waals surface area contributed by atoms with Crippen LogP contribution in [0.2, 0.25) is 0 Å². The molecule has 1 unspecified atom stereocenters. The van der Waals surface area contributed by atoms with Gasteiger partial charge in [-0.2, -0.15) is 5.10 Å². The van der Waals surface area contributed by atoms with Gasteiger partial charge in [0.05, 0.1) is 17.2 Å². The Morgan fingerprint density at radius 3 is 2.45 bits per heavy atom. The minimum absolute atomic E-state index is 0.225. The molecule has 0 radical (unpaired) electrons. The molecule has 3 aromatic carbocycles. The molecule has 4 aromatic rings. The van der Waals surface area contributed by atoms with Gasteiger partial charge in [-0.3, -0.25) is 24.6 Å². The molecule has 3 N–H and O–H groups in total. The van der Waals surface area contributed by atoms with E-state index in [0.29, 0.717) is 29.6 Å². The van der Waals surface area contributed by atoms with E-state index in [4.69, 9.17) is 5.73 Å². The van der Waals surface area contributed by atoms with E-state index in [1.54, 1.807) is 22.9 Å². The molecular formula is C30H29FN6O3. The maximum atomic E-state index is 14.9. The fourth-order valence-electron chi connectivity index (χ4n) is 5.56. The third kappa shape index (κ3) is 5.05. The molecule has 204 valence electrons. The Hall–Kier alpha value is -4.57. The van der Waals surface area contributed by atoms with Gasteiger partial charge in [-0.25, -0.2) is 9.07 Å². The molecule has 2 saturated heterocycles. The van der Waals surface area contributed by atoms with Gasteiger partial charge in [0.15, 0.2) is 0 Å². The Bertz CT molecular complexity index is 1610. The SMILES string of the molecule is NC(=O)c1cccc2cn(-c3ccc(N4CCN(Cc5ccc(C6CCC(=O)NC6=O)c(F)c5)CC4)cc3)nc12. The quantitative estimate of drug-likeness (QED) is 0.364. The molecule has 9 nitrogen and oxygen atoms in total. The van der Waals surface area contributed by atoms with Gasteiger partial charge in [-0.05, 0) is 48.4 Å². The van der Waals surface area contributed by atoms with Crippen LogP contribution in [0, 0.1) is 5.82 Å². The maximum absolute atomic E-state index is 14.9. The summed E-state index contributed by atoms with van der Waals surface area (Å²) in [5, 5.41) is 7.72. The number of carbonyl (C=O) groups is 3. The van der Waals surface area contributed by atoms with Crippen LogP contribution in [0.3, 0.4) is 0 Å². The number of nitrogens with one attached hydrogen (secondary N) is 1. The van der Waals surface area contributed by atoms with Crippen LogP contribution in [0.15, 0.2) is 66.9 Å². The molecule has 3 heterocycles. The number of piperazine rings is 1. The number of imide groups is 1. The number of rotatable bonds is 6. The zero-order valence-electron chi connectivity index (χ0n) is 21.8. The van der Waals surface area contributed by atoms with Crippen molar-refractivity contribution in [2.24, 2.45) is 5.73 Å². The minimum atomic E-state index is -0.623. The van der Waals surface area contributed by atoms with Crippen molar-refractivity contribution in [2.75, 3.05) is 31.1 Å². The fourth-order valence-corrected chi connectivity index (χ4v) is 5.56. The molecule has 0 saturated carbocycles. The van der Waals surface area contributed by atoms with Crippen LogP contribution in [-0.2, 0) is 16.1 Å². The van der Waals surface area contributed by atoms with E-state index in [1.807, 2.05) is 30.5 Å². The third-order valence-corrected chi connectivity index (χ3v) is 7.74. The van der Waals surface area contributed by atoms with Crippen LogP contribution in [0.25, 0.3) is 16.6 Å². The first-order valence-electron chi connectivity index (χ1n) is 13.3. The molecule has 1 aromatic heterocycles. The van der Waals surface area contributed by atoms with Gasteiger partial charge in [0.2, 0.25) is 11.8 Å². The van der Waals surface area contributed by atoms with Gasteiger partial charge in [0.25, 0.3) is 5.91 Å². The van der Waals surface area contributed by atoms with Crippen LogP contribution >= 0.6 is 0 Å². The van der Waals surface area contributed by atoms with Crippen LogP contribution in [0.1, 0.15) is 40.2 Å². The second-order valence-electron chi connectivity index (χ2n) is 10.3. The average molecular weight is 541 g/mol. The van der Waals surface area contributed by atoms with E-state index in [9.17, 15) is 18.8 Å². The number of hydrogen-bond acceptors (Lipinski definition) is 6. The van der Waals surface area contributed by atoms with Gasteiger partial charge in [-0.15, -0.1) is 0 Å². The lowest BCUT2D eigenvalue weighted by atomic mass is 9.89. The zero-order chi connectivity index (χ0) is 27.8. The molecule has 6 rings (SSSR count). The molecular weight excluding hydrogens is 511 g/mol. The average Bonchev–Trinajstić information content (AvgIpc) is 3.39. The second-order valence-corrected chi connectivity index (χ2v) is 10.3. The Morgan fingerprint density at radius 2 is 1.75 bits per heavy atom. The van der Waals surface area contributed by atoms with Crippen molar-refractivity contribution in [3.8, 4) is 5.69 Å². The lowest BCUT2D eigenvalue weighted by Crippen LogP contribution is -2.46. The number of primary amides is 1. The lowest BCUT2D eigenvalue weighted by Gasteiger charge is -2.36. The summed E-state index contributed by atoms with van der Waals surface area (Å²) in [7, 11) is 0. The van der Waals surface area contributed by atoms with Gasteiger partial charge in [0.1, 0.15) is 11.3 Å². The van der Waals surface area contributed by atoms with Crippen LogP contribution in [0.4, 0.5) is 10.1 Å². The van der Waals surface area contributed by atoms with Crippen molar-refractivity contribution in [1.29, 1.82) is 0 Å². The molecule has 2 aliphatic heterocycles. The van der Waals surface area contributed by atoms with E-state index in [1.165, 1.54) is 6.07 Å². The number of carbonyl (C=O) groups excluding carboxylic acids is 3. The van der Waals surface area contributed by atoms with E-state index < -0.39 is 23.5 Å². The molecule has 0 bridgehead atoms. The Labute approximate surface area is 230 Å². The van der Waals surface area contributed by atoms with Crippen LogP contribution in [-0.4, -0.2) is 58.6 Å². The summed E-state index contributed by atoms with van der Waals surface area (Å²) in [4.78, 5) is 39.9. The van der Waals surface area contributed by atoms with Crippen molar-refractivity contribution in [3.63, 3.8) is 0 Å². The Kier molecular flexibility index (Phi) is 6.77. The van der Waals surface area contributed by atoms with Crippen LogP contribution < -0.4 is 16.0 Å². The summed E-state index contributed by atoms with van der Waals surface area (Å²) in [6.07, 6.45) is 2.44. The number of amides is 3. The molecule has 10 heteroatoms. The van der Waals surface area contributed by atoms with E-state index in [2.05, 4.69) is 32.3 Å². The molecule has 0 spiro atoms. The maximum Gasteiger partial charge on any atom is 0.250 e.